The van der Waals surface area contributed by atoms with Gasteiger partial charge in [-0.15, -0.1) is 0 Å². The summed E-state index contributed by atoms with van der Waals surface area (Å²) in [5, 5.41) is 1.23. The maximum absolute atomic E-state index is 5.41. The van der Waals surface area contributed by atoms with Crippen LogP contribution in [0.1, 0.15) is 39.5 Å². The van der Waals surface area contributed by atoms with Gasteiger partial charge in [0, 0.05) is 0 Å². The van der Waals surface area contributed by atoms with Gasteiger partial charge in [0.1, 0.15) is 0 Å². The Hall–Kier alpha value is 0.782. The zero-order valence-corrected chi connectivity index (χ0v) is 9.52. The maximum atomic E-state index is 5.41. The van der Waals surface area contributed by atoms with Crippen LogP contribution in [0.15, 0.2) is 0 Å². The van der Waals surface area contributed by atoms with E-state index >= 15 is 0 Å². The summed E-state index contributed by atoms with van der Waals surface area (Å²) in [5.41, 5.74) is 0. The summed E-state index contributed by atoms with van der Waals surface area (Å²) in [7, 11) is 0. The van der Waals surface area contributed by atoms with Crippen LogP contribution < -0.4 is 12.4 Å². The molecule has 0 aliphatic rings. The molecule has 0 aromatic heterocycles. The van der Waals surface area contributed by atoms with Crippen LogP contribution >= 0.6 is 0 Å². The van der Waals surface area contributed by atoms with Gasteiger partial charge in [0.05, 0.1) is 0 Å². The van der Waals surface area contributed by atoms with E-state index in [4.69, 9.17) is 3.79 Å². The third-order valence-corrected chi connectivity index (χ3v) is 2.20. The Bertz CT molecular complexity index is 54.1. The third-order valence-electron chi connectivity index (χ3n) is 1.40. The fourth-order valence-electron chi connectivity index (χ4n) is 0.813. The molecular formula is C8H18AlClO. The van der Waals surface area contributed by atoms with E-state index in [-0.39, 0.29) is 12.4 Å². The van der Waals surface area contributed by atoms with Gasteiger partial charge in [-0.05, 0) is 0 Å². The summed E-state index contributed by atoms with van der Waals surface area (Å²) in [6.45, 7) is 5.42. The molecule has 0 amide bonds. The second kappa shape index (κ2) is 13.4. The van der Waals surface area contributed by atoms with E-state index in [9.17, 15) is 0 Å². The van der Waals surface area contributed by atoms with Crippen molar-refractivity contribution in [3.63, 3.8) is 0 Å². The monoisotopic (exact) mass is 192 g/mol. The number of unbranched alkanes of at least 4 members (excludes halogenated alkanes) is 3. The average molecular weight is 193 g/mol. The molecular weight excluding hydrogens is 175 g/mol. The maximum Gasteiger partial charge on any atom is -1.00 e. The van der Waals surface area contributed by atoms with Crippen molar-refractivity contribution in [3.05, 3.63) is 0 Å². The van der Waals surface area contributed by atoms with Gasteiger partial charge in [0.25, 0.3) is 0 Å². The molecule has 11 heavy (non-hydrogen) atoms. The fraction of sp³-hybridized carbons (Fsp3) is 1.00. The molecule has 0 aromatic carbocycles. The predicted molar refractivity (Wildman–Crippen MR) is 46.3 cm³/mol. The van der Waals surface area contributed by atoms with E-state index in [1.54, 1.807) is 0 Å². The van der Waals surface area contributed by atoms with Gasteiger partial charge in [-0.3, -0.25) is 0 Å². The van der Waals surface area contributed by atoms with Crippen molar-refractivity contribution in [3.8, 4) is 0 Å². The van der Waals surface area contributed by atoms with Gasteiger partial charge in [-0.2, -0.15) is 0 Å². The Morgan fingerprint density at radius 1 is 1.09 bits per heavy atom. The molecule has 0 spiro atoms. The quantitative estimate of drug-likeness (QED) is 0.396. The second-order valence-electron chi connectivity index (χ2n) is 2.51. The van der Waals surface area contributed by atoms with E-state index in [1.807, 2.05) is 0 Å². The number of hydrogen-bond acceptors (Lipinski definition) is 1. The van der Waals surface area contributed by atoms with Crippen LogP contribution in [0.3, 0.4) is 0 Å². The molecule has 0 atom stereocenters. The molecule has 0 saturated carbocycles. The van der Waals surface area contributed by atoms with Gasteiger partial charge in [0.15, 0.2) is 0 Å². The van der Waals surface area contributed by atoms with E-state index in [2.05, 4.69) is 13.8 Å². The fourth-order valence-corrected chi connectivity index (χ4v) is 1.38. The number of rotatable bonds is 7. The van der Waals surface area contributed by atoms with Crippen LogP contribution in [0.5, 0.6) is 0 Å². The first-order valence-electron chi connectivity index (χ1n) is 4.35. The van der Waals surface area contributed by atoms with Crippen LogP contribution in [0.2, 0.25) is 5.28 Å². The molecule has 0 rings (SSSR count). The van der Waals surface area contributed by atoms with E-state index in [1.165, 1.54) is 31.0 Å². The molecule has 0 radical (unpaired) electrons. The van der Waals surface area contributed by atoms with Crippen LogP contribution in [0, 0.1) is 0 Å². The zero-order chi connectivity index (χ0) is 7.66. The first-order chi connectivity index (χ1) is 4.91. The van der Waals surface area contributed by atoms with E-state index < -0.39 is 0 Å². The minimum absolute atomic E-state index is 0. The van der Waals surface area contributed by atoms with Crippen LogP contribution in [0.25, 0.3) is 0 Å². The summed E-state index contributed by atoms with van der Waals surface area (Å²) in [5.74, 6) is 0. The molecule has 3 heteroatoms. The second-order valence-corrected chi connectivity index (χ2v) is 3.99. The zero-order valence-electron chi connectivity index (χ0n) is 7.61. The van der Waals surface area contributed by atoms with Crippen molar-refractivity contribution in [1.29, 1.82) is 0 Å². The summed E-state index contributed by atoms with van der Waals surface area (Å²) in [6.07, 6.45) is 5.30. The molecule has 0 saturated heterocycles. The summed E-state index contributed by atoms with van der Waals surface area (Å²) >= 11 is 0.307. The molecule has 0 N–H and O–H groups in total. The van der Waals surface area contributed by atoms with Crippen molar-refractivity contribution in [2.24, 2.45) is 0 Å². The van der Waals surface area contributed by atoms with Gasteiger partial charge in [-0.25, -0.2) is 0 Å². The van der Waals surface area contributed by atoms with Crippen LogP contribution in [-0.4, -0.2) is 22.2 Å². The molecule has 0 bridgehead atoms. The minimum Gasteiger partial charge on any atom is -1.00 e. The molecule has 0 fully saturated rings. The average Bonchev–Trinajstić information content (AvgIpc) is 1.97. The van der Waals surface area contributed by atoms with Crippen molar-refractivity contribution in [1.82, 2.24) is 0 Å². The first kappa shape index (κ1) is 14.3. The molecule has 0 aliphatic heterocycles. The standard InChI is InChI=1S/C6H13O.C2H5.Al.ClH/c1-2-3-4-5-6-7;1-2;;/h2-6H2,1H3;1H2,2H3;;1H/q-1;;+2;/p-1. The minimum atomic E-state index is 0. The largest absolute Gasteiger partial charge is 1.00 e. The van der Waals surface area contributed by atoms with Gasteiger partial charge in [0.2, 0.25) is 0 Å². The Morgan fingerprint density at radius 2 is 1.82 bits per heavy atom. The van der Waals surface area contributed by atoms with E-state index in [0.717, 1.165) is 6.61 Å². The molecule has 1 nitrogen and oxygen atoms in total. The van der Waals surface area contributed by atoms with Crippen molar-refractivity contribution in [2.45, 2.75) is 44.8 Å². The Morgan fingerprint density at radius 3 is 2.36 bits per heavy atom. The smallest absolute Gasteiger partial charge is 1.00 e. The van der Waals surface area contributed by atoms with Gasteiger partial charge >= 0.3 is 70.8 Å². The molecule has 0 aliphatic carbocycles. The van der Waals surface area contributed by atoms with E-state index in [0.29, 0.717) is 15.6 Å². The Labute approximate surface area is 83.4 Å². The van der Waals surface area contributed by atoms with Crippen molar-refractivity contribution < 1.29 is 16.2 Å². The Kier molecular flexibility index (Phi) is 17.4. The molecule has 0 heterocycles. The number of hydrogen-bond donors (Lipinski definition) is 0. The topological polar surface area (TPSA) is 9.23 Å². The number of halogens is 1. The summed E-state index contributed by atoms with van der Waals surface area (Å²) in [4.78, 5) is 0. The van der Waals surface area contributed by atoms with Crippen LogP contribution in [-0.2, 0) is 3.79 Å². The molecule has 0 unspecified atom stereocenters. The van der Waals surface area contributed by atoms with Gasteiger partial charge in [-0.1, -0.05) is 0 Å². The van der Waals surface area contributed by atoms with Crippen molar-refractivity contribution >= 4 is 15.6 Å². The van der Waals surface area contributed by atoms with Crippen LogP contribution in [0.4, 0.5) is 0 Å². The molecule has 0 aromatic rings. The van der Waals surface area contributed by atoms with Crippen molar-refractivity contribution in [2.75, 3.05) is 6.61 Å². The summed E-state index contributed by atoms with van der Waals surface area (Å²) in [6, 6.07) is 0. The molecule has 66 valence electrons. The Balaban J connectivity index is 0. The predicted octanol–water partition coefficient (Wildman–Crippen LogP) is -0.355. The summed E-state index contributed by atoms with van der Waals surface area (Å²) < 4.78 is 5.41. The third kappa shape index (κ3) is 13.7. The van der Waals surface area contributed by atoms with Gasteiger partial charge < -0.3 is 12.4 Å². The normalized spacial score (nSPS) is 8.55. The SMILES string of the molecule is CCCCCC[O][Al+][CH2]C.[Cl-]. The first-order valence-corrected chi connectivity index (χ1v) is 5.63.